The highest BCUT2D eigenvalue weighted by atomic mass is 16.1. The maximum atomic E-state index is 12.1. The largest absolute Gasteiger partial charge is 0.369 e. The van der Waals surface area contributed by atoms with Gasteiger partial charge in [-0.15, -0.1) is 0 Å². The molecule has 4 aromatic rings. The topological polar surface area (TPSA) is 95.6 Å². The van der Waals surface area contributed by atoms with Crippen LogP contribution in [0.4, 0.5) is 11.5 Å². The average molecular weight is 346 g/mol. The average Bonchev–Trinajstić information content (AvgIpc) is 3.13. The number of hydrogen-bond acceptors (Lipinski definition) is 5. The summed E-state index contributed by atoms with van der Waals surface area (Å²) >= 11 is 0. The van der Waals surface area contributed by atoms with Gasteiger partial charge in [-0.05, 0) is 36.8 Å². The standard InChI is InChI=1S/C19H18N6O/c26-18(25-13-7-8-16-17(10-13)23-11-22-16)6-3-9-20-19-14-4-1-2-5-15(14)21-12-24-19/h1-2,4-5,7-8,10-12H,3,6,9H2,(H,22,23)(H,25,26)(H,20,21,24). The van der Waals surface area contributed by atoms with Gasteiger partial charge in [-0.1, -0.05) is 12.1 Å². The molecule has 0 aliphatic carbocycles. The number of aromatic nitrogens is 4. The molecule has 7 heteroatoms. The first-order chi connectivity index (χ1) is 12.8. The van der Waals surface area contributed by atoms with Crippen molar-refractivity contribution in [1.29, 1.82) is 0 Å². The Balaban J connectivity index is 1.29. The van der Waals surface area contributed by atoms with E-state index in [9.17, 15) is 4.79 Å². The minimum atomic E-state index is -0.0155. The van der Waals surface area contributed by atoms with Gasteiger partial charge in [-0.3, -0.25) is 4.79 Å². The third-order valence-corrected chi connectivity index (χ3v) is 4.12. The first kappa shape index (κ1) is 16.0. The van der Waals surface area contributed by atoms with E-state index in [1.165, 1.54) is 0 Å². The van der Waals surface area contributed by atoms with Crippen LogP contribution in [0.15, 0.2) is 55.1 Å². The van der Waals surface area contributed by atoms with Crippen LogP contribution in [-0.4, -0.2) is 32.4 Å². The van der Waals surface area contributed by atoms with Gasteiger partial charge < -0.3 is 15.6 Å². The van der Waals surface area contributed by atoms with Crippen LogP contribution >= 0.6 is 0 Å². The highest BCUT2D eigenvalue weighted by Gasteiger charge is 2.05. The fraction of sp³-hybridized carbons (Fsp3) is 0.158. The first-order valence-corrected chi connectivity index (χ1v) is 8.46. The number of imidazole rings is 1. The van der Waals surface area contributed by atoms with Gasteiger partial charge in [0.15, 0.2) is 0 Å². The van der Waals surface area contributed by atoms with E-state index in [1.807, 2.05) is 42.5 Å². The fourth-order valence-corrected chi connectivity index (χ4v) is 2.84. The summed E-state index contributed by atoms with van der Waals surface area (Å²) in [6.07, 6.45) is 4.31. The second kappa shape index (κ2) is 7.18. The number of hydrogen-bond donors (Lipinski definition) is 3. The van der Waals surface area contributed by atoms with Crippen molar-refractivity contribution >= 4 is 39.3 Å². The van der Waals surface area contributed by atoms with Gasteiger partial charge in [0.05, 0.1) is 22.9 Å². The number of amides is 1. The fourth-order valence-electron chi connectivity index (χ4n) is 2.84. The number of nitrogens with zero attached hydrogens (tertiary/aromatic N) is 3. The zero-order valence-corrected chi connectivity index (χ0v) is 14.1. The second-order valence-corrected chi connectivity index (χ2v) is 5.95. The summed E-state index contributed by atoms with van der Waals surface area (Å²) in [5.41, 5.74) is 3.45. The molecule has 0 atom stereocenters. The Morgan fingerprint density at radius 2 is 1.96 bits per heavy atom. The summed E-state index contributed by atoms with van der Waals surface area (Å²) in [4.78, 5) is 27.8. The molecule has 0 saturated heterocycles. The van der Waals surface area contributed by atoms with E-state index in [4.69, 9.17) is 0 Å². The number of nitrogens with one attached hydrogen (secondary N) is 3. The molecule has 0 aliphatic heterocycles. The minimum Gasteiger partial charge on any atom is -0.369 e. The van der Waals surface area contributed by atoms with Crippen LogP contribution in [0.25, 0.3) is 21.9 Å². The van der Waals surface area contributed by atoms with Gasteiger partial charge in [0.25, 0.3) is 0 Å². The molecular formula is C19H18N6O. The number of H-pyrrole nitrogens is 1. The molecule has 0 spiro atoms. The van der Waals surface area contributed by atoms with Crippen molar-refractivity contribution in [3.05, 3.63) is 55.1 Å². The van der Waals surface area contributed by atoms with Gasteiger partial charge in [0.2, 0.25) is 5.91 Å². The highest BCUT2D eigenvalue weighted by Crippen LogP contribution is 2.18. The maximum Gasteiger partial charge on any atom is 0.224 e. The number of aromatic amines is 1. The molecule has 26 heavy (non-hydrogen) atoms. The molecule has 7 nitrogen and oxygen atoms in total. The van der Waals surface area contributed by atoms with Crippen LogP contribution < -0.4 is 10.6 Å². The molecule has 0 saturated carbocycles. The van der Waals surface area contributed by atoms with E-state index >= 15 is 0 Å². The maximum absolute atomic E-state index is 12.1. The van der Waals surface area contributed by atoms with Crippen molar-refractivity contribution in [2.24, 2.45) is 0 Å². The van der Waals surface area contributed by atoms with Crippen LogP contribution in [0.3, 0.4) is 0 Å². The number of para-hydroxylation sites is 1. The molecule has 0 aliphatic rings. The summed E-state index contributed by atoms with van der Waals surface area (Å²) < 4.78 is 0. The lowest BCUT2D eigenvalue weighted by Crippen LogP contribution is -2.13. The Labute approximate surface area is 149 Å². The lowest BCUT2D eigenvalue weighted by Gasteiger charge is -2.08. The van der Waals surface area contributed by atoms with Crippen molar-refractivity contribution in [3.63, 3.8) is 0 Å². The molecule has 3 N–H and O–H groups in total. The summed E-state index contributed by atoms with van der Waals surface area (Å²) in [6.45, 7) is 0.661. The number of benzene rings is 2. The molecular weight excluding hydrogens is 328 g/mol. The number of anilines is 2. The number of fused-ring (bicyclic) bond motifs is 2. The van der Waals surface area contributed by atoms with Crippen molar-refractivity contribution < 1.29 is 4.79 Å². The zero-order chi connectivity index (χ0) is 17.8. The molecule has 4 rings (SSSR count). The van der Waals surface area contributed by atoms with Crippen LogP contribution in [0.1, 0.15) is 12.8 Å². The summed E-state index contributed by atoms with van der Waals surface area (Å²) in [5, 5.41) is 7.17. The molecule has 0 fully saturated rings. The van der Waals surface area contributed by atoms with Crippen molar-refractivity contribution in [1.82, 2.24) is 19.9 Å². The predicted molar refractivity (Wildman–Crippen MR) is 102 cm³/mol. The van der Waals surface area contributed by atoms with Crippen LogP contribution in [0.5, 0.6) is 0 Å². The quantitative estimate of drug-likeness (QED) is 0.465. The Bertz CT molecular complexity index is 1050. The van der Waals surface area contributed by atoms with Crippen molar-refractivity contribution in [2.45, 2.75) is 12.8 Å². The van der Waals surface area contributed by atoms with Gasteiger partial charge in [0, 0.05) is 24.0 Å². The van der Waals surface area contributed by atoms with Gasteiger partial charge in [-0.2, -0.15) is 0 Å². The monoisotopic (exact) mass is 346 g/mol. The molecule has 0 unspecified atom stereocenters. The molecule has 0 radical (unpaired) electrons. The summed E-state index contributed by atoms with van der Waals surface area (Å²) in [6, 6.07) is 13.5. The van der Waals surface area contributed by atoms with E-state index in [0.717, 1.165) is 33.4 Å². The third-order valence-electron chi connectivity index (χ3n) is 4.12. The SMILES string of the molecule is O=C(CCCNc1ncnc2ccccc12)Nc1ccc2nc[nH]c2c1. The van der Waals surface area contributed by atoms with Crippen LogP contribution in [0, 0.1) is 0 Å². The smallest absolute Gasteiger partial charge is 0.224 e. The van der Waals surface area contributed by atoms with Crippen molar-refractivity contribution in [2.75, 3.05) is 17.2 Å². The van der Waals surface area contributed by atoms with E-state index in [-0.39, 0.29) is 5.91 Å². The molecule has 1 amide bonds. The van der Waals surface area contributed by atoms with E-state index in [0.29, 0.717) is 19.4 Å². The molecule has 2 aromatic carbocycles. The van der Waals surface area contributed by atoms with E-state index in [1.54, 1.807) is 12.7 Å². The zero-order valence-electron chi connectivity index (χ0n) is 14.1. The Hall–Kier alpha value is -3.48. The Kier molecular flexibility index (Phi) is 4.42. The summed E-state index contributed by atoms with van der Waals surface area (Å²) in [7, 11) is 0. The highest BCUT2D eigenvalue weighted by molar-refractivity contribution is 5.93. The lowest BCUT2D eigenvalue weighted by molar-refractivity contribution is -0.116. The van der Waals surface area contributed by atoms with E-state index in [2.05, 4.69) is 30.6 Å². The number of rotatable bonds is 6. The van der Waals surface area contributed by atoms with Gasteiger partial charge in [0.1, 0.15) is 12.1 Å². The molecule has 130 valence electrons. The van der Waals surface area contributed by atoms with Crippen molar-refractivity contribution in [3.8, 4) is 0 Å². The molecule has 2 heterocycles. The van der Waals surface area contributed by atoms with Gasteiger partial charge in [-0.25, -0.2) is 15.0 Å². The first-order valence-electron chi connectivity index (χ1n) is 8.46. The lowest BCUT2D eigenvalue weighted by atomic mass is 10.2. The number of carbonyl (C=O) groups excluding carboxylic acids is 1. The Morgan fingerprint density at radius 3 is 2.92 bits per heavy atom. The Morgan fingerprint density at radius 1 is 1.04 bits per heavy atom. The van der Waals surface area contributed by atoms with E-state index < -0.39 is 0 Å². The molecule has 0 bridgehead atoms. The predicted octanol–water partition coefficient (Wildman–Crippen LogP) is 3.34. The van der Waals surface area contributed by atoms with Gasteiger partial charge >= 0.3 is 0 Å². The third kappa shape index (κ3) is 3.46. The minimum absolute atomic E-state index is 0.0155. The van der Waals surface area contributed by atoms with Crippen LogP contribution in [-0.2, 0) is 4.79 Å². The van der Waals surface area contributed by atoms with Crippen LogP contribution in [0.2, 0.25) is 0 Å². The second-order valence-electron chi connectivity index (χ2n) is 5.95. The summed E-state index contributed by atoms with van der Waals surface area (Å²) in [5.74, 6) is 0.777. The molecule has 2 aromatic heterocycles. The number of carbonyl (C=O) groups is 1. The normalized spacial score (nSPS) is 10.9.